The van der Waals surface area contributed by atoms with E-state index < -0.39 is 38.0 Å². The summed E-state index contributed by atoms with van der Waals surface area (Å²) in [5, 5.41) is 14.9. The molecule has 0 aliphatic heterocycles. The molecule has 0 aliphatic carbocycles. The molecule has 0 heterocycles. The Hall–Kier alpha value is -3.48. The van der Waals surface area contributed by atoms with Crippen molar-refractivity contribution in [3.63, 3.8) is 0 Å². The van der Waals surface area contributed by atoms with Crippen molar-refractivity contribution in [2.75, 3.05) is 37.4 Å². The van der Waals surface area contributed by atoms with E-state index in [1.54, 1.807) is 17.8 Å². The summed E-state index contributed by atoms with van der Waals surface area (Å²) in [6, 6.07) is 16.8. The van der Waals surface area contributed by atoms with E-state index in [0.717, 1.165) is 22.0 Å². The number of ether oxygens (including phenoxy) is 2. The first-order chi connectivity index (χ1) is 18.2. The van der Waals surface area contributed by atoms with Crippen molar-refractivity contribution in [2.45, 2.75) is 10.6 Å². The molecule has 1 amide bonds. The molecule has 202 valence electrons. The summed E-state index contributed by atoms with van der Waals surface area (Å²) in [4.78, 5) is 23.1. The van der Waals surface area contributed by atoms with E-state index >= 15 is 0 Å². The number of hydrogen-bond donors (Lipinski definition) is 1. The lowest BCUT2D eigenvalue weighted by atomic mass is 10.2. The minimum Gasteiger partial charge on any atom is -0.497 e. The highest BCUT2D eigenvalue weighted by molar-refractivity contribution is 7.98. The minimum absolute atomic E-state index is 0.0229. The number of nitro groups is 1. The molecule has 38 heavy (non-hydrogen) atoms. The molecule has 0 saturated heterocycles. The number of amides is 1. The Morgan fingerprint density at radius 2 is 1.79 bits per heavy atom. The molecule has 1 N–H and O–H groups in total. The number of thioether (sulfide) groups is 1. The van der Waals surface area contributed by atoms with Gasteiger partial charge in [-0.3, -0.25) is 19.2 Å². The van der Waals surface area contributed by atoms with Crippen molar-refractivity contribution in [3.8, 4) is 11.5 Å². The summed E-state index contributed by atoms with van der Waals surface area (Å²) in [6.07, 6.45) is 0. The van der Waals surface area contributed by atoms with Crippen molar-refractivity contribution >= 4 is 50.7 Å². The van der Waals surface area contributed by atoms with Crippen LogP contribution in [0.1, 0.15) is 5.56 Å². The smallest absolute Gasteiger partial charge is 0.289 e. The second-order valence-electron chi connectivity index (χ2n) is 7.77. The van der Waals surface area contributed by atoms with E-state index in [0.29, 0.717) is 22.3 Å². The molecule has 0 bridgehead atoms. The third-order valence-electron chi connectivity index (χ3n) is 5.36. The van der Waals surface area contributed by atoms with Crippen LogP contribution < -0.4 is 19.1 Å². The van der Waals surface area contributed by atoms with Crippen LogP contribution in [-0.2, 0) is 20.6 Å². The molecule has 10 nitrogen and oxygen atoms in total. The molecule has 3 rings (SSSR count). The molecule has 0 atom stereocenters. The van der Waals surface area contributed by atoms with Crippen LogP contribution in [-0.4, -0.2) is 52.3 Å². The lowest BCUT2D eigenvalue weighted by Crippen LogP contribution is -2.41. The van der Waals surface area contributed by atoms with E-state index in [1.165, 1.54) is 44.6 Å². The van der Waals surface area contributed by atoms with Crippen LogP contribution in [0.4, 0.5) is 11.4 Å². The van der Waals surface area contributed by atoms with Crippen molar-refractivity contribution in [2.24, 2.45) is 0 Å². The number of carbonyl (C=O) groups excluding carboxylic acids is 1. The number of rotatable bonds is 13. The summed E-state index contributed by atoms with van der Waals surface area (Å²) in [7, 11) is -1.79. The first kappa shape index (κ1) is 29.1. The van der Waals surface area contributed by atoms with E-state index in [-0.39, 0.29) is 18.0 Å². The molecule has 0 aromatic heterocycles. The van der Waals surface area contributed by atoms with Crippen molar-refractivity contribution in [3.05, 3.63) is 87.4 Å². The van der Waals surface area contributed by atoms with Gasteiger partial charge < -0.3 is 14.8 Å². The SMILES string of the molecule is COc1ccc(N(CC(=O)NCCSCc2ccccc2Cl)S(=O)(=O)c2ccccc2[N+](=O)[O-])c(OC)c1. The molecule has 0 radical (unpaired) electrons. The van der Waals surface area contributed by atoms with Crippen LogP contribution in [0, 0.1) is 10.1 Å². The van der Waals surface area contributed by atoms with Crippen molar-refractivity contribution < 1.29 is 27.6 Å². The number of nitrogens with one attached hydrogen (secondary N) is 1. The van der Waals surface area contributed by atoms with E-state index in [9.17, 15) is 23.3 Å². The fraction of sp³-hybridized carbons (Fsp3) is 0.240. The number of hydrogen-bond acceptors (Lipinski definition) is 8. The number of para-hydroxylation sites is 1. The third kappa shape index (κ3) is 7.09. The highest BCUT2D eigenvalue weighted by Crippen LogP contribution is 2.37. The fourth-order valence-corrected chi connectivity index (χ4v) is 6.22. The number of benzene rings is 3. The molecule has 3 aromatic rings. The number of methoxy groups -OCH3 is 2. The van der Waals surface area contributed by atoms with E-state index in [1.807, 2.05) is 18.2 Å². The van der Waals surface area contributed by atoms with Gasteiger partial charge in [-0.25, -0.2) is 8.42 Å². The van der Waals surface area contributed by atoms with Crippen LogP contribution in [0.3, 0.4) is 0 Å². The summed E-state index contributed by atoms with van der Waals surface area (Å²) < 4.78 is 38.8. The van der Waals surface area contributed by atoms with Gasteiger partial charge in [-0.1, -0.05) is 41.9 Å². The number of nitro benzene ring substituents is 1. The average Bonchev–Trinajstić information content (AvgIpc) is 2.92. The zero-order chi connectivity index (χ0) is 27.7. The van der Waals surface area contributed by atoms with Gasteiger partial charge in [0.25, 0.3) is 15.7 Å². The Balaban J connectivity index is 1.82. The highest BCUT2D eigenvalue weighted by atomic mass is 35.5. The summed E-state index contributed by atoms with van der Waals surface area (Å²) in [5.74, 6) is 1.11. The number of sulfonamides is 1. The van der Waals surface area contributed by atoms with Gasteiger partial charge in [0, 0.05) is 35.2 Å². The average molecular weight is 580 g/mol. The number of carbonyl (C=O) groups is 1. The van der Waals surface area contributed by atoms with Gasteiger partial charge in [0.15, 0.2) is 4.90 Å². The van der Waals surface area contributed by atoms with E-state index in [2.05, 4.69) is 5.32 Å². The van der Waals surface area contributed by atoms with Gasteiger partial charge in [-0.15, -0.1) is 0 Å². The lowest BCUT2D eigenvalue weighted by Gasteiger charge is -2.25. The maximum absolute atomic E-state index is 13.7. The normalized spacial score (nSPS) is 11.0. The Kier molecular flexibility index (Phi) is 10.2. The zero-order valence-electron chi connectivity index (χ0n) is 20.6. The van der Waals surface area contributed by atoms with Crippen LogP contribution >= 0.6 is 23.4 Å². The number of anilines is 1. The molecule has 0 saturated carbocycles. The van der Waals surface area contributed by atoms with Gasteiger partial charge in [0.2, 0.25) is 5.91 Å². The predicted molar refractivity (Wildman–Crippen MR) is 148 cm³/mol. The number of nitrogens with zero attached hydrogens (tertiary/aromatic N) is 2. The molecule has 0 aliphatic rings. The summed E-state index contributed by atoms with van der Waals surface area (Å²) >= 11 is 7.72. The predicted octanol–water partition coefficient (Wildman–Crippen LogP) is 4.51. The fourth-order valence-electron chi connectivity index (χ4n) is 3.48. The highest BCUT2D eigenvalue weighted by Gasteiger charge is 2.34. The molecule has 13 heteroatoms. The Bertz CT molecular complexity index is 1400. The molecule has 0 spiro atoms. The lowest BCUT2D eigenvalue weighted by molar-refractivity contribution is -0.387. The van der Waals surface area contributed by atoms with Crippen LogP contribution in [0.2, 0.25) is 5.02 Å². The molecular weight excluding hydrogens is 554 g/mol. The minimum atomic E-state index is -4.56. The first-order valence-corrected chi connectivity index (χ1v) is 14.2. The van der Waals surface area contributed by atoms with Crippen LogP contribution in [0.15, 0.2) is 71.6 Å². The molecule has 3 aromatic carbocycles. The van der Waals surface area contributed by atoms with Crippen molar-refractivity contribution in [1.82, 2.24) is 5.32 Å². The monoisotopic (exact) mass is 579 g/mol. The van der Waals surface area contributed by atoms with Crippen LogP contribution in [0.5, 0.6) is 11.5 Å². The third-order valence-corrected chi connectivity index (χ3v) is 8.54. The summed E-state index contributed by atoms with van der Waals surface area (Å²) in [6.45, 7) is -0.362. The Morgan fingerprint density at radius 3 is 2.47 bits per heavy atom. The van der Waals surface area contributed by atoms with Gasteiger partial charge in [0.05, 0.1) is 24.8 Å². The topological polar surface area (TPSA) is 128 Å². The maximum Gasteiger partial charge on any atom is 0.289 e. The molecule has 0 fully saturated rings. The van der Waals surface area contributed by atoms with Crippen LogP contribution in [0.25, 0.3) is 0 Å². The standard InChI is InChI=1S/C25H26ClN3O7S2/c1-35-19-11-12-21(23(15-19)36-2)28(38(33,34)24-10-6-5-9-22(24)29(31)32)16-25(30)27-13-14-37-17-18-7-3-4-8-20(18)26/h3-12,15H,13-14,16-17H2,1-2H3,(H,27,30). The zero-order valence-corrected chi connectivity index (χ0v) is 23.0. The quantitative estimate of drug-likeness (QED) is 0.178. The van der Waals surface area contributed by atoms with Gasteiger partial charge in [0.1, 0.15) is 18.0 Å². The van der Waals surface area contributed by atoms with Gasteiger partial charge >= 0.3 is 0 Å². The Morgan fingerprint density at radius 1 is 1.08 bits per heavy atom. The number of halogens is 1. The second-order valence-corrected chi connectivity index (χ2v) is 11.1. The molecule has 0 unspecified atom stereocenters. The first-order valence-electron chi connectivity index (χ1n) is 11.2. The Labute approximate surface area is 230 Å². The van der Waals surface area contributed by atoms with Crippen molar-refractivity contribution in [1.29, 1.82) is 0 Å². The summed E-state index contributed by atoms with van der Waals surface area (Å²) in [5.41, 5.74) is 0.384. The van der Waals surface area contributed by atoms with Gasteiger partial charge in [-0.2, -0.15) is 11.8 Å². The molecular formula is C25H26ClN3O7S2. The maximum atomic E-state index is 13.7. The van der Waals surface area contributed by atoms with Gasteiger partial charge in [-0.05, 0) is 29.8 Å². The second kappa shape index (κ2) is 13.4. The largest absolute Gasteiger partial charge is 0.497 e. The van der Waals surface area contributed by atoms with E-state index in [4.69, 9.17) is 21.1 Å².